The summed E-state index contributed by atoms with van der Waals surface area (Å²) in [5, 5.41) is 10.5. The second-order valence-corrected chi connectivity index (χ2v) is 5.99. The molecule has 0 amide bonds. The summed E-state index contributed by atoms with van der Waals surface area (Å²) in [5.74, 6) is 0. The Morgan fingerprint density at radius 1 is 1.14 bits per heavy atom. The molecule has 0 saturated carbocycles. The van der Waals surface area contributed by atoms with Gasteiger partial charge in [0.05, 0.1) is 12.5 Å². The van der Waals surface area contributed by atoms with E-state index in [1.165, 1.54) is 35.2 Å². The second-order valence-electron chi connectivity index (χ2n) is 5.99. The molecule has 0 radical (unpaired) electrons. The van der Waals surface area contributed by atoms with E-state index in [2.05, 4.69) is 34.2 Å². The molecule has 1 aromatic heterocycles. The Morgan fingerprint density at radius 2 is 2.05 bits per heavy atom. The van der Waals surface area contributed by atoms with E-state index in [1.807, 2.05) is 12.3 Å². The second kappa shape index (κ2) is 5.89. The molecule has 114 valence electrons. The predicted octanol–water partition coefficient (Wildman–Crippen LogP) is 3.18. The van der Waals surface area contributed by atoms with E-state index < -0.39 is 0 Å². The minimum atomic E-state index is 0.552. The fraction of sp³-hybridized carbons (Fsp3) is 0.333. The van der Waals surface area contributed by atoms with Crippen molar-refractivity contribution in [3.63, 3.8) is 0 Å². The Bertz CT molecular complexity index is 670. The summed E-state index contributed by atoms with van der Waals surface area (Å²) in [5.41, 5.74) is 6.22. The van der Waals surface area contributed by atoms with Gasteiger partial charge in [-0.15, -0.1) is 0 Å². The van der Waals surface area contributed by atoms with E-state index in [1.54, 1.807) is 12.5 Å². The summed E-state index contributed by atoms with van der Waals surface area (Å²) in [6.07, 6.45) is 10.1. The molecule has 4 heteroatoms. The van der Waals surface area contributed by atoms with E-state index in [9.17, 15) is 0 Å². The largest absolute Gasteiger partial charge is 0.472 e. The normalized spacial score (nSPS) is 17.8. The third kappa shape index (κ3) is 2.62. The molecule has 0 bridgehead atoms. The van der Waals surface area contributed by atoms with Crippen molar-refractivity contribution in [1.82, 2.24) is 10.6 Å². The number of nitrogens with one attached hydrogen (secondary N) is 3. The molecule has 1 aromatic carbocycles. The quantitative estimate of drug-likeness (QED) is 0.814. The van der Waals surface area contributed by atoms with Crippen LogP contribution in [0, 0.1) is 0 Å². The number of rotatable bonds is 3. The zero-order valence-electron chi connectivity index (χ0n) is 12.6. The lowest BCUT2D eigenvalue weighted by Gasteiger charge is -2.27. The molecule has 0 atom stereocenters. The Hall–Kier alpha value is -2.20. The first kappa shape index (κ1) is 13.5. The highest BCUT2D eigenvalue weighted by Crippen LogP contribution is 2.32. The lowest BCUT2D eigenvalue weighted by atomic mass is 9.96. The van der Waals surface area contributed by atoms with Gasteiger partial charge in [-0.2, -0.15) is 0 Å². The van der Waals surface area contributed by atoms with E-state index in [0.717, 1.165) is 25.2 Å². The molecule has 22 heavy (non-hydrogen) atoms. The van der Waals surface area contributed by atoms with E-state index in [4.69, 9.17) is 4.42 Å². The van der Waals surface area contributed by atoms with Gasteiger partial charge in [-0.3, -0.25) is 0 Å². The van der Waals surface area contributed by atoms with Crippen molar-refractivity contribution >= 4 is 11.8 Å². The monoisotopic (exact) mass is 295 g/mol. The average molecular weight is 295 g/mol. The molecule has 2 aromatic rings. The lowest BCUT2D eigenvalue weighted by molar-refractivity contribution is 0.479. The van der Waals surface area contributed by atoms with Crippen molar-refractivity contribution in [2.75, 3.05) is 18.4 Å². The van der Waals surface area contributed by atoms with Crippen LogP contribution in [-0.2, 0) is 6.54 Å². The minimum Gasteiger partial charge on any atom is -0.472 e. The topological polar surface area (TPSA) is 49.2 Å². The third-order valence-corrected chi connectivity index (χ3v) is 4.50. The number of fused-ring (bicyclic) bond motifs is 1. The molecule has 2 aliphatic heterocycles. The smallest absolute Gasteiger partial charge is 0.0980 e. The van der Waals surface area contributed by atoms with Crippen molar-refractivity contribution in [2.24, 2.45) is 0 Å². The summed E-state index contributed by atoms with van der Waals surface area (Å²) in [4.78, 5) is 0. The van der Waals surface area contributed by atoms with Crippen molar-refractivity contribution in [2.45, 2.75) is 25.4 Å². The molecular formula is C18H21N3O. The van der Waals surface area contributed by atoms with Gasteiger partial charge in [-0.25, -0.2) is 0 Å². The number of furan rings is 1. The average Bonchev–Trinajstić information content (AvgIpc) is 3.10. The van der Waals surface area contributed by atoms with Crippen LogP contribution in [0.25, 0.3) is 17.2 Å². The summed E-state index contributed by atoms with van der Waals surface area (Å²) in [6, 6.07) is 7.06. The summed E-state index contributed by atoms with van der Waals surface area (Å²) < 4.78 is 5.24. The van der Waals surface area contributed by atoms with E-state index in [0.29, 0.717) is 6.04 Å². The Morgan fingerprint density at radius 3 is 2.86 bits per heavy atom. The Balaban J connectivity index is 1.71. The van der Waals surface area contributed by atoms with Gasteiger partial charge in [0.1, 0.15) is 0 Å². The predicted molar refractivity (Wildman–Crippen MR) is 89.5 cm³/mol. The maximum absolute atomic E-state index is 5.24. The first-order chi connectivity index (χ1) is 10.9. The van der Waals surface area contributed by atoms with Crippen LogP contribution in [0.2, 0.25) is 0 Å². The van der Waals surface area contributed by atoms with Crippen molar-refractivity contribution in [1.29, 1.82) is 0 Å². The van der Waals surface area contributed by atoms with Crippen LogP contribution < -0.4 is 16.0 Å². The van der Waals surface area contributed by atoms with Crippen LogP contribution in [0.3, 0.4) is 0 Å². The number of piperidine rings is 1. The van der Waals surface area contributed by atoms with Gasteiger partial charge in [0.25, 0.3) is 0 Å². The molecule has 2 aliphatic rings. The van der Waals surface area contributed by atoms with Crippen LogP contribution in [0.4, 0.5) is 5.69 Å². The van der Waals surface area contributed by atoms with Gasteiger partial charge in [-0.1, -0.05) is 0 Å². The number of anilines is 1. The summed E-state index contributed by atoms with van der Waals surface area (Å²) >= 11 is 0. The van der Waals surface area contributed by atoms with Crippen LogP contribution in [0.5, 0.6) is 0 Å². The Kier molecular flexibility index (Phi) is 3.60. The molecular weight excluding hydrogens is 274 g/mol. The van der Waals surface area contributed by atoms with Crippen LogP contribution in [-0.4, -0.2) is 19.1 Å². The first-order valence-corrected chi connectivity index (χ1v) is 7.97. The zero-order chi connectivity index (χ0) is 14.8. The standard InChI is InChI=1S/C18H21N3O/c1-5-20-11-17-13(1)9-15(14-4-8-22-12-14)10-18(17)21-16-2-6-19-7-3-16/h1,4-5,8-10,12,16,19-21H,2-3,6-7,11H2. The molecule has 0 aliphatic carbocycles. The zero-order valence-corrected chi connectivity index (χ0v) is 12.6. The molecule has 0 unspecified atom stereocenters. The molecule has 4 nitrogen and oxygen atoms in total. The van der Waals surface area contributed by atoms with Gasteiger partial charge >= 0.3 is 0 Å². The molecule has 0 spiro atoms. The lowest BCUT2D eigenvalue weighted by Crippen LogP contribution is -2.35. The van der Waals surface area contributed by atoms with Crippen molar-refractivity contribution in [3.05, 3.63) is 48.1 Å². The van der Waals surface area contributed by atoms with Gasteiger partial charge in [0.2, 0.25) is 0 Å². The SMILES string of the molecule is C1=Cc2cc(-c3ccoc3)cc(NC3CCNCC3)c2CN1. The van der Waals surface area contributed by atoms with E-state index >= 15 is 0 Å². The van der Waals surface area contributed by atoms with Gasteiger partial charge in [0.15, 0.2) is 0 Å². The number of benzene rings is 1. The molecule has 1 fully saturated rings. The molecule has 1 saturated heterocycles. The van der Waals surface area contributed by atoms with Gasteiger partial charge < -0.3 is 20.4 Å². The van der Waals surface area contributed by atoms with Crippen LogP contribution in [0.15, 0.2) is 41.3 Å². The third-order valence-electron chi connectivity index (χ3n) is 4.50. The number of hydrogen-bond acceptors (Lipinski definition) is 4. The van der Waals surface area contributed by atoms with Crippen LogP contribution in [0.1, 0.15) is 24.0 Å². The summed E-state index contributed by atoms with van der Waals surface area (Å²) in [7, 11) is 0. The highest BCUT2D eigenvalue weighted by molar-refractivity contribution is 5.76. The fourth-order valence-electron chi connectivity index (χ4n) is 3.26. The van der Waals surface area contributed by atoms with Crippen molar-refractivity contribution in [3.8, 4) is 11.1 Å². The number of hydrogen-bond donors (Lipinski definition) is 3. The Labute approximate surface area is 130 Å². The van der Waals surface area contributed by atoms with Gasteiger partial charge in [-0.05, 0) is 67.5 Å². The maximum Gasteiger partial charge on any atom is 0.0980 e. The molecule has 4 rings (SSSR count). The highest BCUT2D eigenvalue weighted by Gasteiger charge is 2.17. The van der Waals surface area contributed by atoms with Gasteiger partial charge in [0, 0.05) is 29.4 Å². The molecule has 3 heterocycles. The molecule has 3 N–H and O–H groups in total. The maximum atomic E-state index is 5.24. The van der Waals surface area contributed by atoms with Crippen LogP contribution >= 0.6 is 0 Å². The van der Waals surface area contributed by atoms with Crippen molar-refractivity contribution < 1.29 is 4.42 Å². The highest BCUT2D eigenvalue weighted by atomic mass is 16.3. The first-order valence-electron chi connectivity index (χ1n) is 7.97. The minimum absolute atomic E-state index is 0.552. The van der Waals surface area contributed by atoms with E-state index in [-0.39, 0.29) is 0 Å². The summed E-state index contributed by atoms with van der Waals surface area (Å²) in [6.45, 7) is 3.07. The fourth-order valence-corrected chi connectivity index (χ4v) is 3.26.